The van der Waals surface area contributed by atoms with Gasteiger partial charge >= 0.3 is 12.1 Å². The Morgan fingerprint density at radius 1 is 1.35 bits per heavy atom. The Hall–Kier alpha value is -2.04. The molecule has 0 aliphatic heterocycles. The van der Waals surface area contributed by atoms with Gasteiger partial charge < -0.3 is 15.2 Å². The molecule has 1 aromatic carbocycles. The number of carboxylic acid groups (broad SMARTS) is 1. The van der Waals surface area contributed by atoms with Gasteiger partial charge in [0.1, 0.15) is 5.54 Å². The molecule has 0 unspecified atom stereocenters. The maximum atomic E-state index is 11.2. The molecule has 2 N–H and O–H groups in total. The fraction of sp³-hybridized carbons (Fsp3) is 0.333. The molecule has 0 saturated carbocycles. The molecule has 0 radical (unpaired) electrons. The maximum absolute atomic E-state index is 11.2. The van der Waals surface area contributed by atoms with Crippen molar-refractivity contribution >= 4 is 12.1 Å². The fourth-order valence-electron chi connectivity index (χ4n) is 1.45. The molecule has 1 rings (SSSR count). The first-order valence-electron chi connectivity index (χ1n) is 5.11. The smallest absolute Gasteiger partial charge is 0.407 e. The lowest BCUT2D eigenvalue weighted by molar-refractivity contribution is -0.143. The maximum Gasteiger partial charge on any atom is 0.407 e. The topological polar surface area (TPSA) is 75.6 Å². The largest absolute Gasteiger partial charge is 0.480 e. The molecule has 0 aliphatic rings. The highest BCUT2D eigenvalue weighted by molar-refractivity contribution is 5.84. The van der Waals surface area contributed by atoms with E-state index in [4.69, 9.17) is 5.11 Å². The summed E-state index contributed by atoms with van der Waals surface area (Å²) in [4.78, 5) is 22.3. The molecule has 1 aromatic rings. The Bertz CT molecular complexity index is 404. The van der Waals surface area contributed by atoms with Crippen LogP contribution in [-0.2, 0) is 16.0 Å². The van der Waals surface area contributed by atoms with Crippen molar-refractivity contribution in [3.63, 3.8) is 0 Å². The molecule has 17 heavy (non-hydrogen) atoms. The second-order valence-corrected chi connectivity index (χ2v) is 3.92. The summed E-state index contributed by atoms with van der Waals surface area (Å²) < 4.78 is 4.42. The number of carboxylic acids is 1. The van der Waals surface area contributed by atoms with Gasteiger partial charge in [0.2, 0.25) is 0 Å². The first-order chi connectivity index (χ1) is 7.98. The van der Waals surface area contributed by atoms with Crippen molar-refractivity contribution in [3.05, 3.63) is 35.9 Å². The summed E-state index contributed by atoms with van der Waals surface area (Å²) in [5.74, 6) is -1.10. The summed E-state index contributed by atoms with van der Waals surface area (Å²) in [6.45, 7) is 1.44. The van der Waals surface area contributed by atoms with E-state index in [2.05, 4.69) is 10.1 Å². The number of hydrogen-bond donors (Lipinski definition) is 2. The summed E-state index contributed by atoms with van der Waals surface area (Å²) in [5, 5.41) is 11.5. The molecule has 1 amide bonds. The van der Waals surface area contributed by atoms with Crippen molar-refractivity contribution in [1.82, 2.24) is 5.32 Å². The summed E-state index contributed by atoms with van der Waals surface area (Å²) in [6, 6.07) is 9.08. The van der Waals surface area contributed by atoms with E-state index in [1.807, 2.05) is 18.2 Å². The van der Waals surface area contributed by atoms with Crippen molar-refractivity contribution in [1.29, 1.82) is 0 Å². The summed E-state index contributed by atoms with van der Waals surface area (Å²) in [5.41, 5.74) is -0.553. The number of rotatable bonds is 4. The number of carbonyl (C=O) groups is 2. The zero-order valence-corrected chi connectivity index (χ0v) is 9.77. The van der Waals surface area contributed by atoms with Gasteiger partial charge in [0.05, 0.1) is 7.11 Å². The van der Waals surface area contributed by atoms with E-state index in [9.17, 15) is 9.59 Å². The minimum atomic E-state index is -1.38. The van der Waals surface area contributed by atoms with Crippen molar-refractivity contribution in [3.8, 4) is 0 Å². The highest BCUT2D eigenvalue weighted by atomic mass is 16.5. The fourth-order valence-corrected chi connectivity index (χ4v) is 1.45. The number of carbonyl (C=O) groups excluding carboxylic acids is 1. The Morgan fingerprint density at radius 2 is 1.94 bits per heavy atom. The Morgan fingerprint density at radius 3 is 2.41 bits per heavy atom. The van der Waals surface area contributed by atoms with Crippen LogP contribution in [0.3, 0.4) is 0 Å². The Kier molecular flexibility index (Phi) is 4.09. The van der Waals surface area contributed by atoms with E-state index in [0.29, 0.717) is 0 Å². The summed E-state index contributed by atoms with van der Waals surface area (Å²) in [7, 11) is 1.19. The molecule has 0 aliphatic carbocycles. The molecule has 92 valence electrons. The number of benzene rings is 1. The lowest BCUT2D eigenvalue weighted by Gasteiger charge is -2.25. The number of hydrogen-bond acceptors (Lipinski definition) is 3. The second-order valence-electron chi connectivity index (χ2n) is 3.92. The molecule has 0 saturated heterocycles. The molecule has 0 aromatic heterocycles. The van der Waals surface area contributed by atoms with E-state index >= 15 is 0 Å². The Labute approximate surface area is 99.4 Å². The lowest BCUT2D eigenvalue weighted by Crippen LogP contribution is -2.53. The van der Waals surface area contributed by atoms with Gasteiger partial charge in [-0.3, -0.25) is 0 Å². The number of alkyl carbamates (subject to hydrolysis) is 1. The SMILES string of the molecule is COC(=O)N[C@@](C)(Cc1ccccc1)C(=O)O. The molecule has 0 heterocycles. The number of aliphatic carboxylic acids is 1. The number of methoxy groups -OCH3 is 1. The molecule has 5 heteroatoms. The third-order valence-corrected chi connectivity index (χ3v) is 2.44. The third-order valence-electron chi connectivity index (χ3n) is 2.44. The minimum absolute atomic E-state index is 0.193. The van der Waals surface area contributed by atoms with E-state index in [-0.39, 0.29) is 6.42 Å². The van der Waals surface area contributed by atoms with Crippen molar-refractivity contribution in [2.45, 2.75) is 18.9 Å². The van der Waals surface area contributed by atoms with Crippen LogP contribution < -0.4 is 5.32 Å². The molecular formula is C12H15NO4. The standard InChI is InChI=1S/C12H15NO4/c1-12(10(14)15,13-11(16)17-2)8-9-6-4-3-5-7-9/h3-7H,8H2,1-2H3,(H,13,16)(H,14,15)/t12-/m0/s1. The van der Waals surface area contributed by atoms with Gasteiger partial charge in [0.25, 0.3) is 0 Å². The number of amides is 1. The van der Waals surface area contributed by atoms with E-state index in [1.54, 1.807) is 12.1 Å². The van der Waals surface area contributed by atoms with Crippen molar-refractivity contribution < 1.29 is 19.4 Å². The van der Waals surface area contributed by atoms with Gasteiger partial charge in [-0.1, -0.05) is 30.3 Å². The van der Waals surface area contributed by atoms with E-state index < -0.39 is 17.6 Å². The second kappa shape index (κ2) is 5.34. The van der Waals surface area contributed by atoms with Gasteiger partial charge in [-0.2, -0.15) is 0 Å². The van der Waals surface area contributed by atoms with Gasteiger partial charge in [-0.15, -0.1) is 0 Å². The number of nitrogens with one attached hydrogen (secondary N) is 1. The van der Waals surface area contributed by atoms with Crippen LogP contribution in [0.5, 0.6) is 0 Å². The Balaban J connectivity index is 2.86. The molecule has 5 nitrogen and oxygen atoms in total. The van der Waals surface area contributed by atoms with Gasteiger partial charge in [0.15, 0.2) is 0 Å². The van der Waals surface area contributed by atoms with Gasteiger partial charge in [0, 0.05) is 6.42 Å². The minimum Gasteiger partial charge on any atom is -0.480 e. The van der Waals surface area contributed by atoms with Gasteiger partial charge in [-0.05, 0) is 12.5 Å². The highest BCUT2D eigenvalue weighted by Gasteiger charge is 2.35. The lowest BCUT2D eigenvalue weighted by atomic mass is 9.93. The monoisotopic (exact) mass is 237 g/mol. The normalized spacial score (nSPS) is 13.5. The van der Waals surface area contributed by atoms with Crippen LogP contribution >= 0.6 is 0 Å². The van der Waals surface area contributed by atoms with Crippen LogP contribution in [0, 0.1) is 0 Å². The predicted molar refractivity (Wildman–Crippen MR) is 61.7 cm³/mol. The average molecular weight is 237 g/mol. The molecule has 1 atom stereocenters. The van der Waals surface area contributed by atoms with Gasteiger partial charge in [-0.25, -0.2) is 9.59 Å². The van der Waals surface area contributed by atoms with Crippen LogP contribution in [0.2, 0.25) is 0 Å². The summed E-state index contributed by atoms with van der Waals surface area (Å²) in [6.07, 6.45) is -0.566. The van der Waals surface area contributed by atoms with E-state index in [0.717, 1.165) is 5.56 Å². The quantitative estimate of drug-likeness (QED) is 0.830. The van der Waals surface area contributed by atoms with Crippen LogP contribution in [0.25, 0.3) is 0 Å². The average Bonchev–Trinajstić information content (AvgIpc) is 2.29. The first-order valence-corrected chi connectivity index (χ1v) is 5.11. The van der Waals surface area contributed by atoms with E-state index in [1.165, 1.54) is 14.0 Å². The third kappa shape index (κ3) is 3.48. The first kappa shape index (κ1) is 13.0. The van der Waals surface area contributed by atoms with Crippen molar-refractivity contribution in [2.75, 3.05) is 7.11 Å². The van der Waals surface area contributed by atoms with Crippen LogP contribution in [0.4, 0.5) is 4.79 Å². The predicted octanol–water partition coefficient (Wildman–Crippen LogP) is 1.43. The highest BCUT2D eigenvalue weighted by Crippen LogP contribution is 2.13. The van der Waals surface area contributed by atoms with Crippen LogP contribution in [0.15, 0.2) is 30.3 Å². The number of ether oxygens (including phenoxy) is 1. The summed E-state index contributed by atoms with van der Waals surface area (Å²) >= 11 is 0. The molecule has 0 bridgehead atoms. The molecule has 0 spiro atoms. The zero-order valence-electron chi connectivity index (χ0n) is 9.77. The van der Waals surface area contributed by atoms with Crippen molar-refractivity contribution in [2.24, 2.45) is 0 Å². The van der Waals surface area contributed by atoms with Crippen LogP contribution in [0.1, 0.15) is 12.5 Å². The van der Waals surface area contributed by atoms with Crippen LogP contribution in [-0.4, -0.2) is 29.8 Å². The molecular weight excluding hydrogens is 222 g/mol. The zero-order chi connectivity index (χ0) is 12.9. The molecule has 0 fully saturated rings.